The number of amides is 2. The molecule has 116 valence electrons. The molecule has 0 fully saturated rings. The maximum atomic E-state index is 11.9. The lowest BCUT2D eigenvalue weighted by Gasteiger charge is -2.17. The Bertz CT molecular complexity index is 679. The quantitative estimate of drug-likeness (QED) is 0.903. The molecule has 22 heavy (non-hydrogen) atoms. The van der Waals surface area contributed by atoms with Gasteiger partial charge in [-0.1, -0.05) is 42.5 Å². The van der Waals surface area contributed by atoms with Gasteiger partial charge in [0.2, 0.25) is 0 Å². The number of nitrogens with one attached hydrogen (secondary N) is 1. The molecular weight excluding hydrogens is 280 g/mol. The molecule has 3 N–H and O–H groups in total. The zero-order chi connectivity index (χ0) is 16.1. The summed E-state index contributed by atoms with van der Waals surface area (Å²) in [6.07, 6.45) is -0.733. The van der Waals surface area contributed by atoms with Crippen LogP contribution in [0, 0.1) is 0 Å². The van der Waals surface area contributed by atoms with Crippen LogP contribution >= 0.6 is 0 Å². The third-order valence-electron chi connectivity index (χ3n) is 3.72. The minimum Gasteiger partial charge on any atom is -0.453 e. The Hall–Kier alpha value is -2.40. The van der Waals surface area contributed by atoms with E-state index in [1.54, 1.807) is 6.92 Å². The van der Waals surface area contributed by atoms with Gasteiger partial charge in [0.05, 0.1) is 7.11 Å². The van der Waals surface area contributed by atoms with E-state index < -0.39 is 12.1 Å². The first-order valence-corrected chi connectivity index (χ1v) is 7.24. The highest BCUT2D eigenvalue weighted by Gasteiger charge is 2.23. The highest BCUT2D eigenvalue weighted by Crippen LogP contribution is 2.22. The summed E-state index contributed by atoms with van der Waals surface area (Å²) < 4.78 is 4.43. The number of fused-ring (bicyclic) bond motifs is 1. The van der Waals surface area contributed by atoms with E-state index in [0.717, 1.165) is 5.56 Å². The van der Waals surface area contributed by atoms with Crippen LogP contribution in [0.1, 0.15) is 25.5 Å². The van der Waals surface area contributed by atoms with Gasteiger partial charge in [0.15, 0.2) is 6.04 Å². The van der Waals surface area contributed by atoms with E-state index in [1.807, 2.05) is 30.4 Å². The number of benzene rings is 2. The molecule has 0 radical (unpaired) electrons. The predicted octanol–water partition coefficient (Wildman–Crippen LogP) is 1.74. The Morgan fingerprint density at radius 3 is 2.50 bits per heavy atom. The Morgan fingerprint density at radius 2 is 1.77 bits per heavy atom. The molecule has 0 spiro atoms. The SMILES string of the molecule is COC(=O)NC(=O)[C@H](C)[NH2+][C@H](C)c1cccc2ccccc12. The van der Waals surface area contributed by atoms with E-state index in [1.165, 1.54) is 17.9 Å². The van der Waals surface area contributed by atoms with Crippen LogP contribution in [0.5, 0.6) is 0 Å². The Kier molecular flexibility index (Phi) is 5.12. The third-order valence-corrected chi connectivity index (χ3v) is 3.72. The molecule has 0 aromatic heterocycles. The largest absolute Gasteiger partial charge is 0.453 e. The number of alkyl carbamates (subject to hydrolysis) is 1. The van der Waals surface area contributed by atoms with Crippen LogP contribution < -0.4 is 10.6 Å². The summed E-state index contributed by atoms with van der Waals surface area (Å²) in [6.45, 7) is 3.81. The van der Waals surface area contributed by atoms with Gasteiger partial charge < -0.3 is 10.1 Å². The fraction of sp³-hybridized carbons (Fsp3) is 0.294. The zero-order valence-corrected chi connectivity index (χ0v) is 13.0. The van der Waals surface area contributed by atoms with E-state index in [0.29, 0.717) is 0 Å². The first-order valence-electron chi connectivity index (χ1n) is 7.24. The Labute approximate surface area is 129 Å². The number of hydrogen-bond donors (Lipinski definition) is 2. The minimum atomic E-state index is -0.733. The summed E-state index contributed by atoms with van der Waals surface area (Å²) in [4.78, 5) is 23.0. The van der Waals surface area contributed by atoms with Crippen molar-refractivity contribution in [2.24, 2.45) is 0 Å². The van der Waals surface area contributed by atoms with Gasteiger partial charge in [0.25, 0.3) is 5.91 Å². The number of carbonyl (C=O) groups excluding carboxylic acids is 2. The van der Waals surface area contributed by atoms with E-state index in [2.05, 4.69) is 34.3 Å². The van der Waals surface area contributed by atoms with Crippen LogP contribution in [-0.4, -0.2) is 25.2 Å². The van der Waals surface area contributed by atoms with Crippen LogP contribution in [0.3, 0.4) is 0 Å². The normalized spacial score (nSPS) is 13.4. The predicted molar refractivity (Wildman–Crippen MR) is 84.3 cm³/mol. The second-order valence-electron chi connectivity index (χ2n) is 5.32. The molecule has 5 nitrogen and oxygen atoms in total. The second-order valence-corrected chi connectivity index (χ2v) is 5.32. The van der Waals surface area contributed by atoms with Crippen molar-refractivity contribution < 1.29 is 19.6 Å². The number of methoxy groups -OCH3 is 1. The molecule has 0 aliphatic carbocycles. The molecule has 2 aromatic rings. The summed E-state index contributed by atoms with van der Waals surface area (Å²) in [7, 11) is 1.23. The second kappa shape index (κ2) is 7.04. The van der Waals surface area contributed by atoms with Crippen molar-refractivity contribution in [1.82, 2.24) is 5.32 Å². The summed E-state index contributed by atoms with van der Waals surface area (Å²) >= 11 is 0. The lowest BCUT2D eigenvalue weighted by molar-refractivity contribution is -0.710. The highest BCUT2D eigenvalue weighted by atomic mass is 16.5. The summed E-state index contributed by atoms with van der Waals surface area (Å²) in [5, 5.41) is 6.47. The van der Waals surface area contributed by atoms with Crippen molar-refractivity contribution in [2.45, 2.75) is 25.9 Å². The molecule has 2 amide bonds. The van der Waals surface area contributed by atoms with Gasteiger partial charge >= 0.3 is 6.09 Å². The summed E-state index contributed by atoms with van der Waals surface area (Å²) in [5.74, 6) is -0.362. The maximum absolute atomic E-state index is 11.9. The molecule has 0 saturated carbocycles. The van der Waals surface area contributed by atoms with Crippen LogP contribution in [0.25, 0.3) is 10.8 Å². The molecule has 2 atom stereocenters. The molecule has 0 saturated heterocycles. The minimum absolute atomic E-state index is 0.0875. The van der Waals surface area contributed by atoms with E-state index >= 15 is 0 Å². The Morgan fingerprint density at radius 1 is 1.09 bits per heavy atom. The third kappa shape index (κ3) is 3.62. The number of nitrogens with two attached hydrogens (primary N) is 1. The van der Waals surface area contributed by atoms with Crippen LogP contribution in [0.4, 0.5) is 4.79 Å². The lowest BCUT2D eigenvalue weighted by Crippen LogP contribution is -2.92. The molecule has 5 heteroatoms. The van der Waals surface area contributed by atoms with Crippen LogP contribution in [0.15, 0.2) is 42.5 Å². The molecule has 0 bridgehead atoms. The fourth-order valence-corrected chi connectivity index (χ4v) is 2.54. The number of hydrogen-bond acceptors (Lipinski definition) is 3. The molecule has 2 aromatic carbocycles. The first-order chi connectivity index (χ1) is 10.5. The van der Waals surface area contributed by atoms with E-state index in [9.17, 15) is 9.59 Å². The average molecular weight is 301 g/mol. The van der Waals surface area contributed by atoms with Gasteiger partial charge in [-0.15, -0.1) is 0 Å². The van der Waals surface area contributed by atoms with Crippen molar-refractivity contribution in [3.63, 3.8) is 0 Å². The number of ether oxygens (including phenoxy) is 1. The van der Waals surface area contributed by atoms with Gasteiger partial charge in [-0.05, 0) is 24.6 Å². The van der Waals surface area contributed by atoms with Gasteiger partial charge in [0, 0.05) is 5.56 Å². The average Bonchev–Trinajstić information content (AvgIpc) is 2.53. The van der Waals surface area contributed by atoms with Gasteiger partial charge in [-0.2, -0.15) is 0 Å². The summed E-state index contributed by atoms with van der Waals surface area (Å²) in [6, 6.07) is 14.0. The first kappa shape index (κ1) is 16.0. The van der Waals surface area contributed by atoms with Crippen molar-refractivity contribution in [2.75, 3.05) is 7.11 Å². The van der Waals surface area contributed by atoms with Crippen molar-refractivity contribution in [3.05, 3.63) is 48.0 Å². The van der Waals surface area contributed by atoms with Crippen molar-refractivity contribution in [1.29, 1.82) is 0 Å². The highest BCUT2D eigenvalue weighted by molar-refractivity contribution is 5.93. The molecule has 0 heterocycles. The molecule has 0 aliphatic heterocycles. The Balaban J connectivity index is 2.12. The topological polar surface area (TPSA) is 72.0 Å². The van der Waals surface area contributed by atoms with E-state index in [4.69, 9.17) is 0 Å². The number of carbonyl (C=O) groups is 2. The smallest absolute Gasteiger partial charge is 0.413 e. The number of imide groups is 1. The van der Waals surface area contributed by atoms with Crippen molar-refractivity contribution >= 4 is 22.8 Å². The molecule has 0 aliphatic rings. The lowest BCUT2D eigenvalue weighted by atomic mass is 9.99. The standard InChI is InChI=1S/C17H20N2O3/c1-11(18-12(2)16(20)19-17(21)22-3)14-10-6-8-13-7-4-5-9-15(13)14/h4-12,18H,1-3H3,(H,19,20,21)/p+1/t11-,12+/m1/s1. The summed E-state index contributed by atoms with van der Waals surface area (Å²) in [5.41, 5.74) is 1.16. The number of quaternary nitrogens is 1. The molecule has 0 unspecified atom stereocenters. The van der Waals surface area contributed by atoms with Crippen molar-refractivity contribution in [3.8, 4) is 0 Å². The van der Waals surface area contributed by atoms with Crippen LogP contribution in [-0.2, 0) is 9.53 Å². The zero-order valence-electron chi connectivity index (χ0n) is 13.0. The van der Waals surface area contributed by atoms with E-state index in [-0.39, 0.29) is 11.9 Å². The molecular formula is C17H21N2O3+. The molecule has 2 rings (SSSR count). The van der Waals surface area contributed by atoms with Crippen LogP contribution in [0.2, 0.25) is 0 Å². The maximum Gasteiger partial charge on any atom is 0.413 e. The van der Waals surface area contributed by atoms with Gasteiger partial charge in [0.1, 0.15) is 6.04 Å². The number of rotatable bonds is 4. The fourth-order valence-electron chi connectivity index (χ4n) is 2.54. The monoisotopic (exact) mass is 301 g/mol. The van der Waals surface area contributed by atoms with Gasteiger partial charge in [-0.3, -0.25) is 10.1 Å². The van der Waals surface area contributed by atoms with Gasteiger partial charge in [-0.25, -0.2) is 4.79 Å².